The van der Waals surface area contributed by atoms with Crippen LogP contribution >= 0.6 is 11.6 Å². The predicted octanol–water partition coefficient (Wildman–Crippen LogP) is 1.35. The van der Waals surface area contributed by atoms with Crippen molar-refractivity contribution in [3.63, 3.8) is 0 Å². The Morgan fingerprint density at radius 3 is 3.06 bits per heavy atom. The van der Waals surface area contributed by atoms with Crippen LogP contribution in [0.15, 0.2) is 12.3 Å². The number of ether oxygens (including phenoxy) is 1. The summed E-state index contributed by atoms with van der Waals surface area (Å²) in [7, 11) is 0. The van der Waals surface area contributed by atoms with E-state index in [2.05, 4.69) is 10.3 Å². The van der Waals surface area contributed by atoms with Crippen LogP contribution in [0.4, 0.5) is 10.5 Å². The lowest BCUT2D eigenvalue weighted by molar-refractivity contribution is 0.182. The highest BCUT2D eigenvalue weighted by Crippen LogP contribution is 2.21. The first-order valence-corrected chi connectivity index (χ1v) is 4.90. The van der Waals surface area contributed by atoms with E-state index in [1.54, 1.807) is 6.92 Å². The van der Waals surface area contributed by atoms with Crippen molar-refractivity contribution in [3.8, 4) is 5.88 Å². The number of rotatable bonds is 4. The van der Waals surface area contributed by atoms with Crippen molar-refractivity contribution in [2.75, 3.05) is 12.3 Å². The van der Waals surface area contributed by atoms with Crippen LogP contribution in [-0.2, 0) is 0 Å². The third kappa shape index (κ3) is 3.82. The molecule has 88 valence electrons. The van der Waals surface area contributed by atoms with E-state index >= 15 is 0 Å². The molecule has 4 N–H and O–H groups in total. The molecule has 0 saturated heterocycles. The normalized spacial score (nSPS) is 11.9. The molecule has 0 saturated carbocycles. The number of halogens is 1. The third-order valence-corrected chi connectivity index (χ3v) is 2.04. The second kappa shape index (κ2) is 5.41. The molecular weight excluding hydrogens is 234 g/mol. The molecule has 16 heavy (non-hydrogen) atoms. The second-order valence-corrected chi connectivity index (χ2v) is 3.61. The predicted molar refractivity (Wildman–Crippen MR) is 59.8 cm³/mol. The van der Waals surface area contributed by atoms with Gasteiger partial charge in [-0.25, -0.2) is 9.78 Å². The molecule has 6 nitrogen and oxygen atoms in total. The minimum Gasteiger partial charge on any atom is -0.475 e. The number of carbonyl (C=O) groups is 1. The molecule has 0 spiro atoms. The van der Waals surface area contributed by atoms with E-state index in [1.165, 1.54) is 12.3 Å². The quantitative estimate of drug-likeness (QED) is 0.744. The van der Waals surface area contributed by atoms with E-state index in [0.29, 0.717) is 16.6 Å². The van der Waals surface area contributed by atoms with Gasteiger partial charge in [-0.05, 0) is 6.92 Å². The van der Waals surface area contributed by atoms with Gasteiger partial charge in [0.05, 0.1) is 22.9 Å². The Bertz CT molecular complexity index is 386. The monoisotopic (exact) mass is 245 g/mol. The summed E-state index contributed by atoms with van der Waals surface area (Å²) >= 11 is 5.76. The lowest BCUT2D eigenvalue weighted by Crippen LogP contribution is -2.35. The second-order valence-electron chi connectivity index (χ2n) is 3.21. The summed E-state index contributed by atoms with van der Waals surface area (Å²) in [5, 5.41) is 11.0. The standard InChI is InChI=1S/C9H12ClN3O3/c1-5(13-9(14)15)4-16-8-2-6(10)7(11)3-12-8/h2-3,5,13H,4,11H2,1H3,(H,14,15)/t5-/m0/s1. The topological polar surface area (TPSA) is 97.5 Å². The van der Waals surface area contributed by atoms with Gasteiger partial charge in [-0.15, -0.1) is 0 Å². The molecule has 0 aliphatic rings. The molecule has 1 amide bonds. The molecule has 0 radical (unpaired) electrons. The van der Waals surface area contributed by atoms with Gasteiger partial charge < -0.3 is 20.9 Å². The van der Waals surface area contributed by atoms with E-state index in [9.17, 15) is 4.79 Å². The number of carboxylic acid groups (broad SMARTS) is 1. The summed E-state index contributed by atoms with van der Waals surface area (Å²) < 4.78 is 5.23. The number of anilines is 1. The molecule has 0 fully saturated rings. The SMILES string of the molecule is C[C@@H](COc1cc(Cl)c(N)cn1)NC(=O)O. The Morgan fingerprint density at radius 2 is 2.50 bits per heavy atom. The third-order valence-electron chi connectivity index (χ3n) is 1.71. The number of nitrogens with two attached hydrogens (primary N) is 1. The number of hydrogen-bond donors (Lipinski definition) is 3. The van der Waals surface area contributed by atoms with Gasteiger partial charge in [-0.2, -0.15) is 0 Å². The first-order chi connectivity index (χ1) is 7.49. The average Bonchev–Trinajstić information content (AvgIpc) is 2.19. The molecule has 1 aromatic rings. The maximum absolute atomic E-state index is 10.3. The van der Waals surface area contributed by atoms with Gasteiger partial charge >= 0.3 is 6.09 Å². The molecule has 0 unspecified atom stereocenters. The van der Waals surface area contributed by atoms with Crippen LogP contribution in [0.25, 0.3) is 0 Å². The van der Waals surface area contributed by atoms with Crippen molar-refractivity contribution in [2.24, 2.45) is 0 Å². The fourth-order valence-electron chi connectivity index (χ4n) is 0.966. The zero-order valence-corrected chi connectivity index (χ0v) is 9.36. The lowest BCUT2D eigenvalue weighted by Gasteiger charge is -2.12. The maximum Gasteiger partial charge on any atom is 0.404 e. The molecule has 1 atom stereocenters. The largest absolute Gasteiger partial charge is 0.475 e. The van der Waals surface area contributed by atoms with Gasteiger partial charge in [0.1, 0.15) is 6.61 Å². The van der Waals surface area contributed by atoms with Crippen LogP contribution in [0.3, 0.4) is 0 Å². The van der Waals surface area contributed by atoms with Crippen LogP contribution < -0.4 is 15.8 Å². The highest BCUT2D eigenvalue weighted by molar-refractivity contribution is 6.33. The summed E-state index contributed by atoms with van der Waals surface area (Å²) in [5.41, 5.74) is 5.84. The van der Waals surface area contributed by atoms with Gasteiger partial charge in [0.2, 0.25) is 5.88 Å². The number of hydrogen-bond acceptors (Lipinski definition) is 4. The van der Waals surface area contributed by atoms with Gasteiger partial charge in [0, 0.05) is 6.07 Å². The fourth-order valence-corrected chi connectivity index (χ4v) is 1.11. The number of aromatic nitrogens is 1. The lowest BCUT2D eigenvalue weighted by atomic mass is 10.4. The Labute approximate surface area is 97.4 Å². The first kappa shape index (κ1) is 12.4. The summed E-state index contributed by atoms with van der Waals surface area (Å²) in [6, 6.07) is 1.14. The number of pyridine rings is 1. The number of nitrogens with zero attached hydrogens (tertiary/aromatic N) is 1. The molecule has 0 aromatic carbocycles. The summed E-state index contributed by atoms with van der Waals surface area (Å²) in [6.45, 7) is 1.84. The Morgan fingerprint density at radius 1 is 1.81 bits per heavy atom. The van der Waals surface area contributed by atoms with Crippen molar-refractivity contribution in [3.05, 3.63) is 17.3 Å². The maximum atomic E-state index is 10.3. The van der Waals surface area contributed by atoms with E-state index < -0.39 is 6.09 Å². The minimum atomic E-state index is -1.10. The fraction of sp³-hybridized carbons (Fsp3) is 0.333. The Balaban J connectivity index is 2.48. The molecule has 0 aliphatic carbocycles. The highest BCUT2D eigenvalue weighted by atomic mass is 35.5. The molecule has 0 aliphatic heterocycles. The molecule has 0 bridgehead atoms. The Hall–Kier alpha value is -1.69. The molecule has 1 heterocycles. The smallest absolute Gasteiger partial charge is 0.404 e. The molecule has 1 rings (SSSR count). The van der Waals surface area contributed by atoms with Gasteiger partial charge in [0.15, 0.2) is 0 Å². The van der Waals surface area contributed by atoms with Crippen molar-refractivity contribution in [1.82, 2.24) is 10.3 Å². The summed E-state index contributed by atoms with van der Waals surface area (Å²) in [5.74, 6) is 0.304. The molecule has 1 aromatic heterocycles. The van der Waals surface area contributed by atoms with Crippen molar-refractivity contribution >= 4 is 23.4 Å². The van der Waals surface area contributed by atoms with Crippen LogP contribution in [0.2, 0.25) is 5.02 Å². The summed E-state index contributed by atoms with van der Waals surface area (Å²) in [4.78, 5) is 14.2. The van der Waals surface area contributed by atoms with Crippen LogP contribution in [-0.4, -0.2) is 28.8 Å². The summed E-state index contributed by atoms with van der Waals surface area (Å²) in [6.07, 6.45) is 0.284. The number of nitrogen functional groups attached to an aromatic ring is 1. The molecular formula is C9H12ClN3O3. The van der Waals surface area contributed by atoms with Crippen molar-refractivity contribution in [2.45, 2.75) is 13.0 Å². The minimum absolute atomic E-state index is 0.166. The van der Waals surface area contributed by atoms with Crippen molar-refractivity contribution in [1.29, 1.82) is 0 Å². The van der Waals surface area contributed by atoms with E-state index in [1.807, 2.05) is 0 Å². The van der Waals surface area contributed by atoms with Crippen LogP contribution in [0.5, 0.6) is 5.88 Å². The highest BCUT2D eigenvalue weighted by Gasteiger charge is 2.07. The van der Waals surface area contributed by atoms with Crippen LogP contribution in [0, 0.1) is 0 Å². The van der Waals surface area contributed by atoms with Crippen molar-refractivity contribution < 1.29 is 14.6 Å². The van der Waals surface area contributed by atoms with Gasteiger partial charge in [-0.3, -0.25) is 0 Å². The number of nitrogens with one attached hydrogen (secondary N) is 1. The average molecular weight is 246 g/mol. The zero-order chi connectivity index (χ0) is 12.1. The zero-order valence-electron chi connectivity index (χ0n) is 8.61. The first-order valence-electron chi connectivity index (χ1n) is 4.52. The van der Waals surface area contributed by atoms with E-state index in [-0.39, 0.29) is 12.6 Å². The molecule has 7 heteroatoms. The number of amides is 1. The van der Waals surface area contributed by atoms with E-state index in [4.69, 9.17) is 27.2 Å². The van der Waals surface area contributed by atoms with E-state index in [0.717, 1.165) is 0 Å². The van der Waals surface area contributed by atoms with Crippen LogP contribution in [0.1, 0.15) is 6.92 Å². The van der Waals surface area contributed by atoms with Gasteiger partial charge in [-0.1, -0.05) is 11.6 Å². The Kier molecular flexibility index (Phi) is 4.19. The van der Waals surface area contributed by atoms with Gasteiger partial charge in [0.25, 0.3) is 0 Å².